The number of methoxy groups -OCH3 is 1. The number of morpholine rings is 1. The predicted octanol–water partition coefficient (Wildman–Crippen LogP) is 2.91. The maximum atomic E-state index is 13.1. The Kier molecular flexibility index (Phi) is 6.95. The highest BCUT2D eigenvalue weighted by Gasteiger charge is 2.27. The lowest BCUT2D eigenvalue weighted by Crippen LogP contribution is -2.41. The zero-order valence-electron chi connectivity index (χ0n) is 18.7. The topological polar surface area (TPSA) is 68.3 Å². The Morgan fingerprint density at radius 2 is 1.84 bits per heavy atom. The van der Waals surface area contributed by atoms with E-state index in [4.69, 9.17) is 14.2 Å². The first kappa shape index (κ1) is 22.1. The third kappa shape index (κ3) is 5.05. The van der Waals surface area contributed by atoms with Crippen molar-refractivity contribution < 1.29 is 23.8 Å². The second kappa shape index (κ2) is 10.0. The largest absolute Gasteiger partial charge is 0.497 e. The molecule has 4 rings (SSSR count). The van der Waals surface area contributed by atoms with E-state index in [2.05, 4.69) is 0 Å². The van der Waals surface area contributed by atoms with E-state index >= 15 is 0 Å². The molecule has 32 heavy (non-hydrogen) atoms. The summed E-state index contributed by atoms with van der Waals surface area (Å²) >= 11 is 0. The maximum Gasteiger partial charge on any atom is 0.254 e. The van der Waals surface area contributed by atoms with E-state index in [1.54, 1.807) is 7.11 Å². The van der Waals surface area contributed by atoms with Gasteiger partial charge in [0.05, 0.1) is 26.4 Å². The van der Waals surface area contributed by atoms with Gasteiger partial charge in [0.1, 0.15) is 18.1 Å². The molecule has 0 aromatic heterocycles. The third-order valence-corrected chi connectivity index (χ3v) is 6.07. The standard InChI is InChI=1S/C25H30N2O5/c1-18-17-32-23-9-6-20(25(29)26-11-13-31-14-12-26)15-21(23)16-27(18)24(28)10-5-19-3-7-22(30-2)8-4-19/h3-4,6-9,15,18H,5,10-14,16-17H2,1-2H3. The van der Waals surface area contributed by atoms with Crippen molar-refractivity contribution >= 4 is 11.8 Å². The molecule has 0 radical (unpaired) electrons. The Bertz CT molecular complexity index is 953. The molecule has 2 aliphatic heterocycles. The summed E-state index contributed by atoms with van der Waals surface area (Å²) < 4.78 is 16.5. The Morgan fingerprint density at radius 3 is 2.56 bits per heavy atom. The number of benzene rings is 2. The van der Waals surface area contributed by atoms with Crippen molar-refractivity contribution in [2.24, 2.45) is 0 Å². The molecule has 0 N–H and O–H groups in total. The van der Waals surface area contributed by atoms with Crippen LogP contribution in [-0.2, 0) is 22.5 Å². The number of ether oxygens (including phenoxy) is 3. The van der Waals surface area contributed by atoms with Crippen LogP contribution in [-0.4, -0.2) is 67.7 Å². The van der Waals surface area contributed by atoms with Gasteiger partial charge in [-0.25, -0.2) is 0 Å². The van der Waals surface area contributed by atoms with Crippen LogP contribution in [0.2, 0.25) is 0 Å². The average molecular weight is 439 g/mol. The molecule has 0 spiro atoms. The second-order valence-electron chi connectivity index (χ2n) is 8.26. The minimum Gasteiger partial charge on any atom is -0.497 e. The van der Waals surface area contributed by atoms with Crippen molar-refractivity contribution in [3.8, 4) is 11.5 Å². The molecule has 0 bridgehead atoms. The molecular formula is C25H30N2O5. The van der Waals surface area contributed by atoms with Crippen LogP contribution in [0.5, 0.6) is 11.5 Å². The first-order valence-electron chi connectivity index (χ1n) is 11.1. The summed E-state index contributed by atoms with van der Waals surface area (Å²) in [4.78, 5) is 29.7. The van der Waals surface area contributed by atoms with Gasteiger partial charge in [0.25, 0.3) is 5.91 Å². The van der Waals surface area contributed by atoms with Crippen LogP contribution in [0.4, 0.5) is 0 Å². The zero-order chi connectivity index (χ0) is 22.5. The van der Waals surface area contributed by atoms with E-state index < -0.39 is 0 Å². The van der Waals surface area contributed by atoms with Crippen LogP contribution in [0.3, 0.4) is 0 Å². The van der Waals surface area contributed by atoms with Crippen LogP contribution in [0.25, 0.3) is 0 Å². The molecule has 2 amide bonds. The number of fused-ring (bicyclic) bond motifs is 1. The van der Waals surface area contributed by atoms with E-state index in [0.717, 1.165) is 22.6 Å². The predicted molar refractivity (Wildman–Crippen MR) is 120 cm³/mol. The highest BCUT2D eigenvalue weighted by atomic mass is 16.5. The molecule has 1 unspecified atom stereocenters. The van der Waals surface area contributed by atoms with E-state index in [1.807, 2.05) is 59.2 Å². The van der Waals surface area contributed by atoms with Crippen LogP contribution < -0.4 is 9.47 Å². The summed E-state index contributed by atoms with van der Waals surface area (Å²) in [6, 6.07) is 13.3. The van der Waals surface area contributed by atoms with Gasteiger partial charge < -0.3 is 24.0 Å². The number of hydrogen-bond donors (Lipinski definition) is 0. The number of hydrogen-bond acceptors (Lipinski definition) is 5. The number of nitrogens with zero attached hydrogens (tertiary/aromatic N) is 2. The molecular weight excluding hydrogens is 408 g/mol. The van der Waals surface area contributed by atoms with Crippen molar-refractivity contribution in [3.05, 3.63) is 59.2 Å². The van der Waals surface area contributed by atoms with Crippen LogP contribution in [0, 0.1) is 0 Å². The molecule has 170 valence electrons. The lowest BCUT2D eigenvalue weighted by atomic mass is 10.1. The Morgan fingerprint density at radius 1 is 1.09 bits per heavy atom. The summed E-state index contributed by atoms with van der Waals surface area (Å²) in [6.45, 7) is 5.18. The second-order valence-corrected chi connectivity index (χ2v) is 8.26. The highest BCUT2D eigenvalue weighted by Crippen LogP contribution is 2.27. The molecule has 2 aliphatic rings. The molecule has 1 fully saturated rings. The van der Waals surface area contributed by atoms with Gasteiger partial charge in [-0.2, -0.15) is 0 Å². The number of aryl methyl sites for hydroxylation is 1. The number of rotatable bonds is 5. The molecule has 2 aromatic rings. The maximum absolute atomic E-state index is 13.1. The van der Waals surface area contributed by atoms with Crippen molar-refractivity contribution in [2.45, 2.75) is 32.4 Å². The normalized spacial score (nSPS) is 18.4. The van der Waals surface area contributed by atoms with Gasteiger partial charge in [0, 0.05) is 37.2 Å². The van der Waals surface area contributed by atoms with Crippen LogP contribution in [0.15, 0.2) is 42.5 Å². The van der Waals surface area contributed by atoms with Gasteiger partial charge in [0.15, 0.2) is 0 Å². The quantitative estimate of drug-likeness (QED) is 0.718. The summed E-state index contributed by atoms with van der Waals surface area (Å²) in [6.07, 6.45) is 1.08. The Labute approximate surface area is 188 Å². The fraction of sp³-hybridized carbons (Fsp3) is 0.440. The van der Waals surface area contributed by atoms with Gasteiger partial charge in [0.2, 0.25) is 5.91 Å². The molecule has 1 saturated heterocycles. The molecule has 0 aliphatic carbocycles. The Hall–Kier alpha value is -3.06. The monoisotopic (exact) mass is 438 g/mol. The van der Waals surface area contributed by atoms with E-state index in [9.17, 15) is 9.59 Å². The van der Waals surface area contributed by atoms with E-state index in [1.165, 1.54) is 0 Å². The lowest BCUT2D eigenvalue weighted by molar-refractivity contribution is -0.134. The molecule has 1 atom stereocenters. The summed E-state index contributed by atoms with van der Waals surface area (Å²) in [5.74, 6) is 1.61. The van der Waals surface area contributed by atoms with Gasteiger partial charge >= 0.3 is 0 Å². The zero-order valence-corrected chi connectivity index (χ0v) is 18.7. The Balaban J connectivity index is 1.45. The smallest absolute Gasteiger partial charge is 0.254 e. The lowest BCUT2D eigenvalue weighted by Gasteiger charge is -2.27. The first-order chi connectivity index (χ1) is 15.5. The average Bonchev–Trinajstić information content (AvgIpc) is 3.01. The van der Waals surface area contributed by atoms with Gasteiger partial charge in [-0.05, 0) is 49.2 Å². The van der Waals surface area contributed by atoms with Crippen molar-refractivity contribution in [2.75, 3.05) is 40.0 Å². The van der Waals surface area contributed by atoms with Gasteiger partial charge in [-0.3, -0.25) is 9.59 Å². The molecule has 7 nitrogen and oxygen atoms in total. The van der Waals surface area contributed by atoms with Gasteiger partial charge in [-0.1, -0.05) is 12.1 Å². The number of amides is 2. The van der Waals surface area contributed by atoms with Crippen LogP contribution >= 0.6 is 0 Å². The molecule has 7 heteroatoms. The van der Waals surface area contributed by atoms with E-state index in [0.29, 0.717) is 57.9 Å². The van der Waals surface area contributed by atoms with Crippen molar-refractivity contribution in [3.63, 3.8) is 0 Å². The SMILES string of the molecule is COc1ccc(CCC(=O)N2Cc3cc(C(=O)N4CCOCC4)ccc3OCC2C)cc1. The molecule has 2 aromatic carbocycles. The number of carbonyl (C=O) groups excluding carboxylic acids is 2. The fourth-order valence-corrected chi connectivity index (χ4v) is 4.09. The fourth-order valence-electron chi connectivity index (χ4n) is 4.09. The summed E-state index contributed by atoms with van der Waals surface area (Å²) in [5, 5.41) is 0. The highest BCUT2D eigenvalue weighted by molar-refractivity contribution is 5.94. The minimum atomic E-state index is -0.0517. The van der Waals surface area contributed by atoms with Crippen molar-refractivity contribution in [1.29, 1.82) is 0 Å². The first-order valence-corrected chi connectivity index (χ1v) is 11.1. The van der Waals surface area contributed by atoms with Crippen LogP contribution in [0.1, 0.15) is 34.8 Å². The summed E-state index contributed by atoms with van der Waals surface area (Å²) in [7, 11) is 1.64. The minimum absolute atomic E-state index is 0.00854. The molecule has 2 heterocycles. The van der Waals surface area contributed by atoms with E-state index in [-0.39, 0.29) is 17.9 Å². The van der Waals surface area contributed by atoms with Gasteiger partial charge in [-0.15, -0.1) is 0 Å². The number of carbonyl (C=O) groups is 2. The molecule has 0 saturated carbocycles. The summed E-state index contributed by atoms with van der Waals surface area (Å²) in [5.41, 5.74) is 2.58. The third-order valence-electron chi connectivity index (χ3n) is 6.07. The van der Waals surface area contributed by atoms with Crippen molar-refractivity contribution in [1.82, 2.24) is 9.80 Å².